The Labute approximate surface area is 178 Å². The highest BCUT2D eigenvalue weighted by Crippen LogP contribution is 2.47. The first-order chi connectivity index (χ1) is 14.6. The Balaban J connectivity index is 1.42. The number of hydrogen-bond acceptors (Lipinski definition) is 5. The zero-order chi connectivity index (χ0) is 20.7. The lowest BCUT2D eigenvalue weighted by molar-refractivity contribution is 0.0664. The van der Waals surface area contributed by atoms with E-state index >= 15 is 0 Å². The quantitative estimate of drug-likeness (QED) is 0.821. The summed E-state index contributed by atoms with van der Waals surface area (Å²) in [6.07, 6.45) is 1.12. The number of carbonyl (C=O) groups is 1. The number of anilines is 1. The summed E-state index contributed by atoms with van der Waals surface area (Å²) in [7, 11) is 3.81. The van der Waals surface area contributed by atoms with Gasteiger partial charge in [0.2, 0.25) is 0 Å². The Morgan fingerprint density at radius 2 is 1.80 bits per heavy atom. The van der Waals surface area contributed by atoms with Crippen molar-refractivity contribution in [2.45, 2.75) is 18.5 Å². The fourth-order valence-corrected chi connectivity index (χ4v) is 5.12. The molecule has 0 aliphatic carbocycles. The number of amides is 1. The second-order valence-electron chi connectivity index (χ2n) is 8.68. The van der Waals surface area contributed by atoms with Crippen molar-refractivity contribution in [1.82, 2.24) is 15.1 Å². The smallest absolute Gasteiger partial charge is 0.253 e. The van der Waals surface area contributed by atoms with Crippen molar-refractivity contribution >= 4 is 11.6 Å². The molecule has 2 saturated heterocycles. The SMILES string of the molecule is COc1ccc(C2Nc3ccc(C(=O)N4CCN(C)CC4)cc3C3NCCC23)cc1. The van der Waals surface area contributed by atoms with Crippen molar-refractivity contribution in [1.29, 1.82) is 0 Å². The van der Waals surface area contributed by atoms with E-state index in [0.717, 1.165) is 56.1 Å². The number of hydrogen-bond donors (Lipinski definition) is 2. The maximum absolute atomic E-state index is 13.1. The number of rotatable bonds is 3. The van der Waals surface area contributed by atoms with Gasteiger partial charge in [0.15, 0.2) is 0 Å². The third kappa shape index (κ3) is 3.44. The molecule has 3 unspecified atom stereocenters. The summed E-state index contributed by atoms with van der Waals surface area (Å²) in [4.78, 5) is 17.3. The molecular formula is C24H30N4O2. The van der Waals surface area contributed by atoms with E-state index in [-0.39, 0.29) is 18.0 Å². The molecule has 2 fully saturated rings. The molecule has 3 heterocycles. The standard InChI is InChI=1S/C24H30N4O2/c1-27-11-13-28(14-12-27)24(29)17-5-8-21-20(15-17)23-19(9-10-25-23)22(26-21)16-3-6-18(30-2)7-4-16/h3-8,15,19,22-23,25-26H,9-14H2,1-2H3. The Morgan fingerprint density at radius 3 is 2.53 bits per heavy atom. The van der Waals surface area contributed by atoms with Gasteiger partial charge >= 0.3 is 0 Å². The van der Waals surface area contributed by atoms with E-state index in [4.69, 9.17) is 4.74 Å². The summed E-state index contributed by atoms with van der Waals surface area (Å²) in [6.45, 7) is 4.48. The molecule has 0 saturated carbocycles. The van der Waals surface area contributed by atoms with Gasteiger partial charge in [0, 0.05) is 49.4 Å². The minimum Gasteiger partial charge on any atom is -0.497 e. The highest BCUT2D eigenvalue weighted by Gasteiger charge is 2.40. The Kier molecular flexibility index (Phi) is 5.13. The lowest BCUT2D eigenvalue weighted by Crippen LogP contribution is -2.47. The number of fused-ring (bicyclic) bond motifs is 3. The van der Waals surface area contributed by atoms with Gasteiger partial charge < -0.3 is 25.2 Å². The topological polar surface area (TPSA) is 56.8 Å². The monoisotopic (exact) mass is 406 g/mol. The van der Waals surface area contributed by atoms with Crippen LogP contribution in [0.1, 0.15) is 40.0 Å². The maximum atomic E-state index is 13.1. The van der Waals surface area contributed by atoms with Crippen LogP contribution in [0.4, 0.5) is 5.69 Å². The van der Waals surface area contributed by atoms with Crippen molar-refractivity contribution in [2.75, 3.05) is 52.2 Å². The van der Waals surface area contributed by atoms with E-state index in [1.807, 2.05) is 23.1 Å². The van der Waals surface area contributed by atoms with E-state index in [1.165, 1.54) is 11.1 Å². The van der Waals surface area contributed by atoms with Crippen LogP contribution in [0.2, 0.25) is 0 Å². The highest BCUT2D eigenvalue weighted by molar-refractivity contribution is 5.95. The first-order valence-electron chi connectivity index (χ1n) is 10.9. The van der Waals surface area contributed by atoms with E-state index in [0.29, 0.717) is 5.92 Å². The molecular weight excluding hydrogens is 376 g/mol. The van der Waals surface area contributed by atoms with E-state index < -0.39 is 0 Å². The molecule has 3 aliphatic heterocycles. The molecule has 6 nitrogen and oxygen atoms in total. The number of carbonyl (C=O) groups excluding carboxylic acids is 1. The number of nitrogens with one attached hydrogen (secondary N) is 2. The number of likely N-dealkylation sites (N-methyl/N-ethyl adjacent to an activating group) is 1. The van der Waals surface area contributed by atoms with Crippen LogP contribution in [-0.4, -0.2) is 62.6 Å². The van der Waals surface area contributed by atoms with Gasteiger partial charge in [0.05, 0.1) is 13.2 Å². The van der Waals surface area contributed by atoms with Crippen LogP contribution >= 0.6 is 0 Å². The van der Waals surface area contributed by atoms with Crippen LogP contribution < -0.4 is 15.4 Å². The van der Waals surface area contributed by atoms with Crippen LogP contribution in [0.25, 0.3) is 0 Å². The van der Waals surface area contributed by atoms with Gasteiger partial charge in [-0.15, -0.1) is 0 Å². The van der Waals surface area contributed by atoms with Crippen molar-refractivity contribution in [3.8, 4) is 5.75 Å². The van der Waals surface area contributed by atoms with Gasteiger partial charge in [-0.3, -0.25) is 4.79 Å². The number of piperazine rings is 1. The fraction of sp³-hybridized carbons (Fsp3) is 0.458. The summed E-state index contributed by atoms with van der Waals surface area (Å²) in [5.74, 6) is 1.49. The number of nitrogens with zero attached hydrogens (tertiary/aromatic N) is 2. The molecule has 158 valence electrons. The Hall–Kier alpha value is -2.57. The molecule has 3 atom stereocenters. The zero-order valence-corrected chi connectivity index (χ0v) is 17.7. The maximum Gasteiger partial charge on any atom is 0.253 e. The van der Waals surface area contributed by atoms with E-state index in [1.54, 1.807) is 7.11 Å². The van der Waals surface area contributed by atoms with Gasteiger partial charge in [0.1, 0.15) is 5.75 Å². The molecule has 2 aromatic rings. The largest absolute Gasteiger partial charge is 0.497 e. The first-order valence-corrected chi connectivity index (χ1v) is 10.9. The summed E-state index contributed by atoms with van der Waals surface area (Å²) in [5.41, 5.74) is 4.43. The molecule has 0 bridgehead atoms. The van der Waals surface area contributed by atoms with Gasteiger partial charge in [-0.25, -0.2) is 0 Å². The molecule has 30 heavy (non-hydrogen) atoms. The third-order valence-electron chi connectivity index (χ3n) is 6.91. The second-order valence-corrected chi connectivity index (χ2v) is 8.68. The number of ether oxygens (including phenoxy) is 1. The molecule has 0 aromatic heterocycles. The van der Waals surface area contributed by atoms with Crippen LogP contribution in [0, 0.1) is 5.92 Å². The lowest BCUT2D eigenvalue weighted by Gasteiger charge is -2.38. The fourth-order valence-electron chi connectivity index (χ4n) is 5.12. The highest BCUT2D eigenvalue weighted by atomic mass is 16.5. The summed E-state index contributed by atoms with van der Waals surface area (Å²) in [5, 5.41) is 7.45. The van der Waals surface area contributed by atoms with Crippen LogP contribution in [0.15, 0.2) is 42.5 Å². The first kappa shape index (κ1) is 19.4. The summed E-state index contributed by atoms with van der Waals surface area (Å²) in [6, 6.07) is 15.1. The van der Waals surface area contributed by atoms with E-state index in [2.05, 4.69) is 46.8 Å². The number of benzene rings is 2. The zero-order valence-electron chi connectivity index (χ0n) is 17.7. The summed E-state index contributed by atoms with van der Waals surface area (Å²) < 4.78 is 5.32. The van der Waals surface area contributed by atoms with Gasteiger partial charge in [-0.1, -0.05) is 12.1 Å². The molecule has 3 aliphatic rings. The van der Waals surface area contributed by atoms with Crippen LogP contribution in [0.3, 0.4) is 0 Å². The predicted molar refractivity (Wildman–Crippen MR) is 118 cm³/mol. The van der Waals surface area contributed by atoms with Crippen molar-refractivity contribution in [3.63, 3.8) is 0 Å². The molecule has 5 rings (SSSR count). The predicted octanol–water partition coefficient (Wildman–Crippen LogP) is 2.90. The van der Waals surface area contributed by atoms with Gasteiger partial charge in [0.25, 0.3) is 5.91 Å². The molecule has 6 heteroatoms. The van der Waals surface area contributed by atoms with Crippen molar-refractivity contribution < 1.29 is 9.53 Å². The summed E-state index contributed by atoms with van der Waals surface area (Å²) >= 11 is 0. The lowest BCUT2D eigenvalue weighted by atomic mass is 9.80. The number of methoxy groups -OCH3 is 1. The Bertz CT molecular complexity index is 921. The minimum absolute atomic E-state index is 0.151. The average molecular weight is 407 g/mol. The molecule has 2 N–H and O–H groups in total. The van der Waals surface area contributed by atoms with Gasteiger partial charge in [-0.05, 0) is 61.5 Å². The minimum atomic E-state index is 0.151. The van der Waals surface area contributed by atoms with Crippen LogP contribution in [-0.2, 0) is 0 Å². The average Bonchev–Trinajstić information content (AvgIpc) is 3.29. The Morgan fingerprint density at radius 1 is 1.03 bits per heavy atom. The molecule has 2 aromatic carbocycles. The molecule has 0 spiro atoms. The third-order valence-corrected chi connectivity index (χ3v) is 6.91. The normalized spacial score (nSPS) is 25.9. The van der Waals surface area contributed by atoms with Crippen molar-refractivity contribution in [2.24, 2.45) is 5.92 Å². The van der Waals surface area contributed by atoms with Crippen LogP contribution in [0.5, 0.6) is 5.75 Å². The molecule has 0 radical (unpaired) electrons. The van der Waals surface area contributed by atoms with Gasteiger partial charge in [-0.2, -0.15) is 0 Å². The van der Waals surface area contributed by atoms with Crippen molar-refractivity contribution in [3.05, 3.63) is 59.2 Å². The second kappa shape index (κ2) is 7.93. The molecule has 1 amide bonds. The van der Waals surface area contributed by atoms with E-state index in [9.17, 15) is 4.79 Å².